The Balaban J connectivity index is 2.47. The van der Waals surface area contributed by atoms with E-state index in [1.807, 2.05) is 24.3 Å². The first-order chi connectivity index (χ1) is 5.29. The van der Waals surface area contributed by atoms with Crippen LogP contribution in [0.4, 0.5) is 15.8 Å². The van der Waals surface area contributed by atoms with E-state index >= 15 is 0 Å². The number of hydrogen-bond donors (Lipinski definition) is 1. The van der Waals surface area contributed by atoms with Crippen LogP contribution in [0.1, 0.15) is 0 Å². The second kappa shape index (κ2) is 2.12. The second-order valence-corrected chi connectivity index (χ2v) is 2.61. The fourth-order valence-corrected chi connectivity index (χ4v) is 1.25. The van der Waals surface area contributed by atoms with Gasteiger partial charge in [0, 0.05) is 7.05 Å². The third-order valence-electron chi connectivity index (χ3n) is 1.90. The van der Waals surface area contributed by atoms with E-state index in [1.165, 1.54) is 0 Å². The minimum absolute atomic E-state index is 0.863. The van der Waals surface area contributed by atoms with Crippen molar-refractivity contribution >= 4 is 11.4 Å². The highest BCUT2D eigenvalue weighted by Gasteiger charge is 2.23. The molecule has 1 N–H and O–H groups in total. The molecule has 0 radical (unpaired) electrons. The fraction of sp³-hybridized carbons (Fsp3) is 0.250. The van der Waals surface area contributed by atoms with Gasteiger partial charge in [-0.05, 0) is 12.1 Å². The van der Waals surface area contributed by atoms with Gasteiger partial charge in [-0.2, -0.15) is 4.39 Å². The number of benzene rings is 1. The standard InChI is InChI=1S/C8H9FN2/c1-11-7-5-3-2-4-6(7)10-8(11)9/h2-5,8,10H,1H3. The third kappa shape index (κ3) is 0.843. The van der Waals surface area contributed by atoms with Crippen LogP contribution >= 0.6 is 0 Å². The van der Waals surface area contributed by atoms with Crippen LogP contribution in [0.5, 0.6) is 0 Å². The van der Waals surface area contributed by atoms with Gasteiger partial charge in [0.1, 0.15) is 0 Å². The second-order valence-electron chi connectivity index (χ2n) is 2.61. The van der Waals surface area contributed by atoms with Crippen LogP contribution in [0.15, 0.2) is 24.3 Å². The van der Waals surface area contributed by atoms with Gasteiger partial charge in [-0.15, -0.1) is 0 Å². The first-order valence-electron chi connectivity index (χ1n) is 3.51. The average molecular weight is 152 g/mol. The lowest BCUT2D eigenvalue weighted by Gasteiger charge is -2.13. The SMILES string of the molecule is CN1c2ccccc2NC1F. The van der Waals surface area contributed by atoms with Crippen LogP contribution in [-0.4, -0.2) is 13.5 Å². The molecule has 1 unspecified atom stereocenters. The minimum atomic E-state index is -1.08. The maximum Gasteiger partial charge on any atom is 0.247 e. The zero-order valence-electron chi connectivity index (χ0n) is 6.21. The molecule has 1 heterocycles. The molecule has 0 bridgehead atoms. The minimum Gasteiger partial charge on any atom is -0.337 e. The molecule has 0 saturated heterocycles. The Bertz CT molecular complexity index is 275. The van der Waals surface area contributed by atoms with Crippen molar-refractivity contribution in [3.63, 3.8) is 0 Å². The predicted octanol–water partition coefficient (Wildman–Crippen LogP) is 1.80. The van der Waals surface area contributed by atoms with Crippen LogP contribution in [0.25, 0.3) is 0 Å². The molecule has 0 aliphatic carbocycles. The molecule has 11 heavy (non-hydrogen) atoms. The summed E-state index contributed by atoms with van der Waals surface area (Å²) in [5.74, 6) is 0. The lowest BCUT2D eigenvalue weighted by Crippen LogP contribution is -2.26. The molecule has 2 nitrogen and oxygen atoms in total. The first-order valence-corrected chi connectivity index (χ1v) is 3.51. The highest BCUT2D eigenvalue weighted by Crippen LogP contribution is 2.32. The number of nitrogens with one attached hydrogen (secondary N) is 1. The van der Waals surface area contributed by atoms with Gasteiger partial charge >= 0.3 is 0 Å². The van der Waals surface area contributed by atoms with E-state index in [2.05, 4.69) is 5.32 Å². The molecule has 1 aromatic rings. The van der Waals surface area contributed by atoms with E-state index in [0.29, 0.717) is 0 Å². The van der Waals surface area contributed by atoms with Gasteiger partial charge in [0.25, 0.3) is 0 Å². The summed E-state index contributed by atoms with van der Waals surface area (Å²) in [6.07, 6.45) is -1.08. The zero-order valence-corrected chi connectivity index (χ0v) is 6.21. The van der Waals surface area contributed by atoms with Crippen LogP contribution in [0.2, 0.25) is 0 Å². The predicted molar refractivity (Wildman–Crippen MR) is 43.4 cm³/mol. The Morgan fingerprint density at radius 3 is 2.91 bits per heavy atom. The number of para-hydroxylation sites is 2. The van der Waals surface area contributed by atoms with E-state index in [9.17, 15) is 4.39 Å². The summed E-state index contributed by atoms with van der Waals surface area (Å²) >= 11 is 0. The van der Waals surface area contributed by atoms with Crippen molar-refractivity contribution in [2.45, 2.75) is 6.42 Å². The number of rotatable bonds is 0. The molecule has 1 aromatic carbocycles. The van der Waals surface area contributed by atoms with E-state index in [1.54, 1.807) is 11.9 Å². The van der Waals surface area contributed by atoms with Crippen molar-refractivity contribution in [2.75, 3.05) is 17.3 Å². The Kier molecular flexibility index (Phi) is 1.24. The highest BCUT2D eigenvalue weighted by atomic mass is 19.1. The zero-order chi connectivity index (χ0) is 7.84. The van der Waals surface area contributed by atoms with Crippen LogP contribution in [-0.2, 0) is 0 Å². The summed E-state index contributed by atoms with van der Waals surface area (Å²) in [6.45, 7) is 0. The molecule has 58 valence electrons. The summed E-state index contributed by atoms with van der Waals surface area (Å²) < 4.78 is 12.9. The highest BCUT2D eigenvalue weighted by molar-refractivity contribution is 5.74. The van der Waals surface area contributed by atoms with Gasteiger partial charge in [0.05, 0.1) is 11.4 Å². The van der Waals surface area contributed by atoms with Crippen molar-refractivity contribution in [1.29, 1.82) is 0 Å². The number of nitrogens with zero attached hydrogens (tertiary/aromatic N) is 1. The average Bonchev–Trinajstić information content (AvgIpc) is 2.30. The molecule has 0 aromatic heterocycles. The molecular formula is C8H9FN2. The molecule has 0 saturated carbocycles. The summed E-state index contributed by atoms with van der Waals surface area (Å²) in [6, 6.07) is 7.54. The number of fused-ring (bicyclic) bond motifs is 1. The topological polar surface area (TPSA) is 15.3 Å². The van der Waals surface area contributed by atoms with E-state index in [-0.39, 0.29) is 0 Å². The maximum absolute atomic E-state index is 12.9. The Morgan fingerprint density at radius 1 is 1.45 bits per heavy atom. The monoisotopic (exact) mass is 152 g/mol. The van der Waals surface area contributed by atoms with E-state index in [0.717, 1.165) is 11.4 Å². The van der Waals surface area contributed by atoms with Gasteiger partial charge < -0.3 is 10.2 Å². The molecular weight excluding hydrogens is 143 g/mol. The largest absolute Gasteiger partial charge is 0.337 e. The fourth-order valence-electron chi connectivity index (χ4n) is 1.25. The summed E-state index contributed by atoms with van der Waals surface area (Å²) in [5.41, 5.74) is 1.78. The molecule has 1 atom stereocenters. The quantitative estimate of drug-likeness (QED) is 0.570. The van der Waals surface area contributed by atoms with Crippen LogP contribution in [0, 0.1) is 0 Å². The molecule has 0 fully saturated rings. The van der Waals surface area contributed by atoms with Gasteiger partial charge in [0.2, 0.25) is 6.42 Å². The van der Waals surface area contributed by atoms with E-state index < -0.39 is 6.42 Å². The summed E-state index contributed by atoms with van der Waals surface area (Å²) in [4.78, 5) is 1.56. The van der Waals surface area contributed by atoms with Crippen molar-refractivity contribution in [1.82, 2.24) is 0 Å². The summed E-state index contributed by atoms with van der Waals surface area (Å²) in [7, 11) is 1.73. The van der Waals surface area contributed by atoms with E-state index in [4.69, 9.17) is 0 Å². The lowest BCUT2D eigenvalue weighted by atomic mass is 10.3. The smallest absolute Gasteiger partial charge is 0.247 e. The van der Waals surface area contributed by atoms with Crippen molar-refractivity contribution in [3.05, 3.63) is 24.3 Å². The number of hydrogen-bond acceptors (Lipinski definition) is 2. The first kappa shape index (κ1) is 6.46. The van der Waals surface area contributed by atoms with Crippen LogP contribution < -0.4 is 10.2 Å². The van der Waals surface area contributed by atoms with Gasteiger partial charge in [-0.3, -0.25) is 0 Å². The lowest BCUT2D eigenvalue weighted by molar-refractivity contribution is 0.380. The summed E-state index contributed by atoms with van der Waals surface area (Å²) in [5, 5.41) is 2.71. The molecule has 0 spiro atoms. The molecule has 2 rings (SSSR count). The molecule has 1 aliphatic heterocycles. The number of halogens is 1. The third-order valence-corrected chi connectivity index (χ3v) is 1.90. The molecule has 1 aliphatic rings. The van der Waals surface area contributed by atoms with Crippen molar-refractivity contribution in [3.8, 4) is 0 Å². The molecule has 0 amide bonds. The van der Waals surface area contributed by atoms with Crippen molar-refractivity contribution in [2.24, 2.45) is 0 Å². The Hall–Kier alpha value is -1.25. The van der Waals surface area contributed by atoms with Crippen molar-refractivity contribution < 1.29 is 4.39 Å². The maximum atomic E-state index is 12.9. The number of alkyl halides is 1. The van der Waals surface area contributed by atoms with Gasteiger partial charge in [0.15, 0.2) is 0 Å². The van der Waals surface area contributed by atoms with Gasteiger partial charge in [-0.1, -0.05) is 12.1 Å². The van der Waals surface area contributed by atoms with Gasteiger partial charge in [-0.25, -0.2) is 0 Å². The Labute approximate surface area is 64.6 Å². The van der Waals surface area contributed by atoms with Crippen LogP contribution in [0.3, 0.4) is 0 Å². The Morgan fingerprint density at radius 2 is 2.18 bits per heavy atom. The molecule has 3 heteroatoms. The number of anilines is 2. The normalized spacial score (nSPS) is 21.3.